The zero-order chi connectivity index (χ0) is 13.8. The topological polar surface area (TPSA) is 35.6 Å². The summed E-state index contributed by atoms with van der Waals surface area (Å²) in [5, 5.41) is 4.04. The van der Waals surface area contributed by atoms with Gasteiger partial charge in [-0.25, -0.2) is 0 Å². The first-order valence-corrected chi connectivity index (χ1v) is 8.39. The molecule has 2 rings (SSSR count). The Morgan fingerprint density at radius 3 is 2.58 bits per heavy atom. The van der Waals surface area contributed by atoms with Crippen molar-refractivity contribution in [3.8, 4) is 0 Å². The van der Waals surface area contributed by atoms with Crippen LogP contribution in [0.25, 0.3) is 0 Å². The van der Waals surface area contributed by atoms with Crippen LogP contribution < -0.4 is 5.32 Å². The van der Waals surface area contributed by atoms with E-state index in [4.69, 9.17) is 0 Å². The minimum absolute atomic E-state index is 0.333. The minimum atomic E-state index is 0.333. The summed E-state index contributed by atoms with van der Waals surface area (Å²) >= 11 is 1.86. The quantitative estimate of drug-likeness (QED) is 0.832. The molecule has 2 unspecified atom stereocenters. The third kappa shape index (κ3) is 4.10. The molecule has 2 heterocycles. The molecule has 1 N–H and O–H groups in total. The Labute approximate surface area is 121 Å². The minimum Gasteiger partial charge on any atom is -0.340 e. The molecule has 19 heavy (non-hydrogen) atoms. The third-order valence-corrected chi connectivity index (χ3v) is 5.67. The molecule has 0 aromatic rings. The number of hydrogen-bond acceptors (Lipinski definition) is 4. The van der Waals surface area contributed by atoms with E-state index in [0.29, 0.717) is 28.9 Å². The summed E-state index contributed by atoms with van der Waals surface area (Å²) in [6.45, 7) is 6.29. The van der Waals surface area contributed by atoms with Crippen LogP contribution in [0.4, 0.5) is 0 Å². The van der Waals surface area contributed by atoms with E-state index in [1.165, 1.54) is 12.8 Å². The standard InChI is InChI=1S/C14H27N3OS/c1-11-8-17(9-13(11)16(2)3)14(18)10-19-12-4-6-15-7-5-12/h11-13,15H,4-10H2,1-3H3. The van der Waals surface area contributed by atoms with Gasteiger partial charge in [-0.15, -0.1) is 11.8 Å². The summed E-state index contributed by atoms with van der Waals surface area (Å²) in [5.74, 6) is 1.58. The summed E-state index contributed by atoms with van der Waals surface area (Å²) in [6, 6.07) is 0.521. The molecule has 2 aliphatic heterocycles. The van der Waals surface area contributed by atoms with Crippen LogP contribution in [0.2, 0.25) is 0 Å². The van der Waals surface area contributed by atoms with Gasteiger partial charge in [-0.1, -0.05) is 6.92 Å². The number of carbonyl (C=O) groups excluding carboxylic acids is 1. The average Bonchev–Trinajstić information content (AvgIpc) is 2.79. The van der Waals surface area contributed by atoms with Gasteiger partial charge in [0, 0.05) is 24.4 Å². The van der Waals surface area contributed by atoms with Crippen molar-refractivity contribution < 1.29 is 4.79 Å². The lowest BCUT2D eigenvalue weighted by atomic mass is 10.1. The number of likely N-dealkylation sites (tertiary alicyclic amines) is 1. The van der Waals surface area contributed by atoms with Crippen molar-refractivity contribution in [3.63, 3.8) is 0 Å². The molecule has 0 aliphatic carbocycles. The van der Waals surface area contributed by atoms with Crippen molar-refractivity contribution >= 4 is 17.7 Å². The maximum atomic E-state index is 12.3. The Morgan fingerprint density at radius 2 is 2.00 bits per heavy atom. The highest BCUT2D eigenvalue weighted by Crippen LogP contribution is 2.24. The molecule has 0 saturated carbocycles. The van der Waals surface area contributed by atoms with Crippen molar-refractivity contribution in [3.05, 3.63) is 0 Å². The molecule has 5 heteroatoms. The van der Waals surface area contributed by atoms with Crippen molar-refractivity contribution in [1.82, 2.24) is 15.1 Å². The fourth-order valence-electron chi connectivity index (χ4n) is 3.07. The number of amides is 1. The highest BCUT2D eigenvalue weighted by atomic mass is 32.2. The van der Waals surface area contributed by atoms with Gasteiger partial charge in [0.25, 0.3) is 0 Å². The van der Waals surface area contributed by atoms with E-state index in [1.54, 1.807) is 0 Å². The van der Waals surface area contributed by atoms with Crippen LogP contribution >= 0.6 is 11.8 Å². The molecule has 2 aliphatic rings. The molecule has 0 bridgehead atoms. The second-order valence-electron chi connectivity index (χ2n) is 6.07. The van der Waals surface area contributed by atoms with E-state index < -0.39 is 0 Å². The van der Waals surface area contributed by atoms with E-state index in [1.807, 2.05) is 11.8 Å². The number of nitrogens with zero attached hydrogens (tertiary/aromatic N) is 2. The number of likely N-dealkylation sites (N-methyl/N-ethyl adjacent to an activating group) is 1. The van der Waals surface area contributed by atoms with E-state index in [2.05, 4.69) is 36.1 Å². The number of carbonyl (C=O) groups is 1. The molecule has 0 radical (unpaired) electrons. The Balaban J connectivity index is 1.74. The Morgan fingerprint density at radius 1 is 1.32 bits per heavy atom. The summed E-state index contributed by atoms with van der Waals surface area (Å²) in [6.07, 6.45) is 2.41. The van der Waals surface area contributed by atoms with Gasteiger partial charge in [0.05, 0.1) is 5.75 Å². The third-order valence-electron chi connectivity index (χ3n) is 4.32. The monoisotopic (exact) mass is 285 g/mol. The van der Waals surface area contributed by atoms with Gasteiger partial charge in [-0.05, 0) is 45.9 Å². The molecule has 1 amide bonds. The first-order valence-electron chi connectivity index (χ1n) is 7.34. The molecular weight excluding hydrogens is 258 g/mol. The number of thioether (sulfide) groups is 1. The van der Waals surface area contributed by atoms with E-state index in [0.717, 1.165) is 26.2 Å². The summed E-state index contributed by atoms with van der Waals surface area (Å²) in [5.41, 5.74) is 0. The maximum absolute atomic E-state index is 12.3. The first kappa shape index (κ1) is 15.1. The molecule has 110 valence electrons. The van der Waals surface area contributed by atoms with Crippen molar-refractivity contribution in [2.75, 3.05) is 46.0 Å². The number of piperidine rings is 1. The van der Waals surface area contributed by atoms with Crippen LogP contribution in [0, 0.1) is 5.92 Å². The van der Waals surface area contributed by atoms with Crippen LogP contribution in [0.15, 0.2) is 0 Å². The van der Waals surface area contributed by atoms with Gasteiger partial charge in [0.2, 0.25) is 5.91 Å². The van der Waals surface area contributed by atoms with Crippen LogP contribution in [-0.4, -0.2) is 73.0 Å². The molecule has 2 saturated heterocycles. The Kier molecular flexibility index (Phi) is 5.54. The van der Waals surface area contributed by atoms with Crippen molar-refractivity contribution in [2.24, 2.45) is 5.92 Å². The smallest absolute Gasteiger partial charge is 0.232 e. The molecule has 2 atom stereocenters. The van der Waals surface area contributed by atoms with E-state index in [-0.39, 0.29) is 0 Å². The van der Waals surface area contributed by atoms with E-state index >= 15 is 0 Å². The van der Waals surface area contributed by atoms with Crippen molar-refractivity contribution in [1.29, 1.82) is 0 Å². The maximum Gasteiger partial charge on any atom is 0.232 e. The van der Waals surface area contributed by atoms with Crippen LogP contribution in [0.3, 0.4) is 0 Å². The lowest BCUT2D eigenvalue weighted by Crippen LogP contribution is -2.36. The fourth-order valence-corrected chi connectivity index (χ4v) is 4.20. The van der Waals surface area contributed by atoms with Gasteiger partial charge >= 0.3 is 0 Å². The van der Waals surface area contributed by atoms with Crippen molar-refractivity contribution in [2.45, 2.75) is 31.1 Å². The Bertz CT molecular complexity index is 305. The molecule has 4 nitrogen and oxygen atoms in total. The zero-order valence-corrected chi connectivity index (χ0v) is 13.2. The summed E-state index contributed by atoms with van der Waals surface area (Å²) < 4.78 is 0. The fraction of sp³-hybridized carbons (Fsp3) is 0.929. The number of nitrogens with one attached hydrogen (secondary N) is 1. The lowest BCUT2D eigenvalue weighted by Gasteiger charge is -2.24. The second-order valence-corrected chi connectivity index (χ2v) is 7.36. The van der Waals surface area contributed by atoms with Gasteiger partial charge in [0.1, 0.15) is 0 Å². The highest BCUT2D eigenvalue weighted by molar-refractivity contribution is 8.00. The molecular formula is C14H27N3OS. The number of rotatable bonds is 4. The van der Waals surface area contributed by atoms with Gasteiger partial charge in [-0.3, -0.25) is 4.79 Å². The van der Waals surface area contributed by atoms with Gasteiger partial charge in [-0.2, -0.15) is 0 Å². The van der Waals surface area contributed by atoms with Gasteiger partial charge < -0.3 is 15.1 Å². The van der Waals surface area contributed by atoms with Crippen LogP contribution in [0.1, 0.15) is 19.8 Å². The number of hydrogen-bond donors (Lipinski definition) is 1. The normalized spacial score (nSPS) is 29.2. The highest BCUT2D eigenvalue weighted by Gasteiger charge is 2.33. The Hall–Kier alpha value is -0.260. The first-order chi connectivity index (χ1) is 9.08. The zero-order valence-electron chi connectivity index (χ0n) is 12.4. The molecule has 2 fully saturated rings. The average molecular weight is 285 g/mol. The predicted octanol–water partition coefficient (Wildman–Crippen LogP) is 0.880. The SMILES string of the molecule is CC1CN(C(=O)CSC2CCNCC2)CC1N(C)C. The molecule has 0 spiro atoms. The van der Waals surface area contributed by atoms with E-state index in [9.17, 15) is 4.79 Å². The van der Waals surface area contributed by atoms with Crippen LogP contribution in [-0.2, 0) is 4.79 Å². The summed E-state index contributed by atoms with van der Waals surface area (Å²) in [4.78, 5) is 16.6. The second kappa shape index (κ2) is 6.95. The molecule has 0 aromatic carbocycles. The van der Waals surface area contributed by atoms with Crippen LogP contribution in [0.5, 0.6) is 0 Å². The lowest BCUT2D eigenvalue weighted by molar-refractivity contribution is -0.127. The molecule has 0 aromatic heterocycles. The predicted molar refractivity (Wildman–Crippen MR) is 81.6 cm³/mol. The summed E-state index contributed by atoms with van der Waals surface area (Å²) in [7, 11) is 4.22. The largest absolute Gasteiger partial charge is 0.340 e. The van der Waals surface area contributed by atoms with Gasteiger partial charge in [0.15, 0.2) is 0 Å².